The molecule has 0 saturated carbocycles. The lowest BCUT2D eigenvalue weighted by Crippen LogP contribution is -2.31. The van der Waals surface area contributed by atoms with Gasteiger partial charge in [0.15, 0.2) is 17.3 Å². The summed E-state index contributed by atoms with van der Waals surface area (Å²) in [5.41, 5.74) is 1.11. The topological polar surface area (TPSA) is 85.3 Å². The Bertz CT molecular complexity index is 948. The number of carbonyl (C=O) groups is 2. The van der Waals surface area contributed by atoms with Gasteiger partial charge in [-0.2, -0.15) is 0 Å². The quantitative estimate of drug-likeness (QED) is 0.688. The van der Waals surface area contributed by atoms with Crippen LogP contribution in [0.15, 0.2) is 48.2 Å². The maximum Gasteiger partial charge on any atom is 0.296 e. The molecule has 0 radical (unpaired) electrons. The number of aliphatic hydroxyl groups is 1. The molecule has 2 aromatic carbocycles. The van der Waals surface area contributed by atoms with Crippen molar-refractivity contribution in [2.75, 3.05) is 20.8 Å². The van der Waals surface area contributed by atoms with E-state index in [1.807, 2.05) is 6.92 Å². The van der Waals surface area contributed by atoms with Crippen molar-refractivity contribution in [3.05, 3.63) is 59.4 Å². The Balaban J connectivity index is 1.81. The number of rotatable bonds is 8. The molecule has 2 amide bonds. The van der Waals surface area contributed by atoms with Gasteiger partial charge >= 0.3 is 0 Å². The van der Waals surface area contributed by atoms with E-state index in [-0.39, 0.29) is 12.1 Å². The Kier molecular flexibility index (Phi) is 6.07. The van der Waals surface area contributed by atoms with Crippen LogP contribution in [0.2, 0.25) is 0 Å². The van der Waals surface area contributed by atoms with Crippen LogP contribution >= 0.6 is 0 Å². The second-order valence-corrected chi connectivity index (χ2v) is 6.48. The molecule has 0 saturated heterocycles. The molecule has 0 unspecified atom stereocenters. The Morgan fingerprint density at radius 3 is 2.24 bits per heavy atom. The highest BCUT2D eigenvalue weighted by Crippen LogP contribution is 2.32. The van der Waals surface area contributed by atoms with E-state index in [1.54, 1.807) is 42.5 Å². The van der Waals surface area contributed by atoms with Crippen LogP contribution in [0.1, 0.15) is 24.5 Å². The van der Waals surface area contributed by atoms with E-state index in [1.165, 1.54) is 14.2 Å². The first-order valence-electron chi connectivity index (χ1n) is 9.23. The smallest absolute Gasteiger partial charge is 0.296 e. The van der Waals surface area contributed by atoms with Crippen molar-refractivity contribution in [3.8, 4) is 17.2 Å². The first-order chi connectivity index (χ1) is 14.0. The summed E-state index contributed by atoms with van der Waals surface area (Å²) in [6.07, 6.45) is 0.881. The molecule has 0 spiro atoms. The van der Waals surface area contributed by atoms with Crippen molar-refractivity contribution in [3.63, 3.8) is 0 Å². The van der Waals surface area contributed by atoms with Gasteiger partial charge in [0, 0.05) is 0 Å². The average Bonchev–Trinajstić information content (AvgIpc) is 2.95. The van der Waals surface area contributed by atoms with Crippen molar-refractivity contribution < 1.29 is 28.9 Å². The van der Waals surface area contributed by atoms with Gasteiger partial charge in [0.2, 0.25) is 0 Å². The number of methoxy groups -OCH3 is 2. The number of carbonyl (C=O) groups excluding carboxylic acids is 2. The van der Waals surface area contributed by atoms with Crippen LogP contribution in [0.5, 0.6) is 17.2 Å². The largest absolute Gasteiger partial charge is 0.502 e. The number of hydrogen-bond acceptors (Lipinski definition) is 6. The molecule has 1 N–H and O–H groups in total. The number of amides is 2. The fourth-order valence-electron chi connectivity index (χ4n) is 3.07. The highest BCUT2D eigenvalue weighted by molar-refractivity contribution is 6.34. The number of nitrogens with zero attached hydrogens (tertiary/aromatic N) is 1. The number of aliphatic hydroxyl groups excluding tert-OH is 1. The van der Waals surface area contributed by atoms with E-state index in [0.717, 1.165) is 11.3 Å². The summed E-state index contributed by atoms with van der Waals surface area (Å²) in [6, 6.07) is 11.8. The van der Waals surface area contributed by atoms with E-state index in [9.17, 15) is 14.7 Å². The van der Waals surface area contributed by atoms with Crippen LogP contribution in [0.4, 0.5) is 0 Å². The summed E-state index contributed by atoms with van der Waals surface area (Å²) in [5, 5.41) is 10.3. The Hall–Kier alpha value is -3.48. The normalized spacial score (nSPS) is 13.8. The van der Waals surface area contributed by atoms with E-state index in [4.69, 9.17) is 14.2 Å². The van der Waals surface area contributed by atoms with Crippen molar-refractivity contribution in [2.24, 2.45) is 0 Å². The molecular weight excluding hydrogens is 374 g/mol. The molecule has 3 rings (SSSR count). The zero-order chi connectivity index (χ0) is 21.0. The van der Waals surface area contributed by atoms with Crippen LogP contribution in [0, 0.1) is 0 Å². The summed E-state index contributed by atoms with van der Waals surface area (Å²) in [6.45, 7) is 2.60. The third-order valence-corrected chi connectivity index (χ3v) is 4.55. The fourth-order valence-corrected chi connectivity index (χ4v) is 3.07. The molecule has 0 aliphatic carbocycles. The minimum Gasteiger partial charge on any atom is -0.502 e. The molecule has 0 fully saturated rings. The van der Waals surface area contributed by atoms with Gasteiger partial charge in [0.1, 0.15) is 5.75 Å². The van der Waals surface area contributed by atoms with Crippen molar-refractivity contribution in [1.82, 2.24) is 4.90 Å². The summed E-state index contributed by atoms with van der Waals surface area (Å²) < 4.78 is 16.0. The lowest BCUT2D eigenvalue weighted by atomic mass is 10.1. The standard InChI is InChI=1S/C22H23NO6/c1-4-11-29-16-8-6-15(7-9-16)19-20(24)22(26)23(21(19)25)13-14-5-10-17(27-2)18(12-14)28-3/h5-10,12,24H,4,11,13H2,1-3H3. The Labute approximate surface area is 169 Å². The number of hydrogen-bond donors (Lipinski definition) is 1. The van der Waals surface area contributed by atoms with Crippen LogP contribution in [0.25, 0.3) is 5.57 Å². The summed E-state index contributed by atoms with van der Waals surface area (Å²) in [7, 11) is 3.03. The molecule has 1 aliphatic heterocycles. The second-order valence-electron chi connectivity index (χ2n) is 6.48. The molecule has 7 heteroatoms. The minimum absolute atomic E-state index is 0.00325. The highest BCUT2D eigenvalue weighted by Gasteiger charge is 2.39. The van der Waals surface area contributed by atoms with Gasteiger partial charge in [-0.05, 0) is 41.8 Å². The molecule has 152 valence electrons. The van der Waals surface area contributed by atoms with Crippen LogP contribution in [-0.2, 0) is 16.1 Å². The van der Waals surface area contributed by atoms with Crippen LogP contribution < -0.4 is 14.2 Å². The van der Waals surface area contributed by atoms with Gasteiger partial charge in [-0.25, -0.2) is 0 Å². The maximum atomic E-state index is 12.9. The van der Waals surface area contributed by atoms with Gasteiger partial charge in [0.05, 0.1) is 32.9 Å². The van der Waals surface area contributed by atoms with E-state index < -0.39 is 17.6 Å². The number of ether oxygens (including phenoxy) is 3. The van der Waals surface area contributed by atoms with Gasteiger partial charge in [-0.3, -0.25) is 14.5 Å². The second kappa shape index (κ2) is 8.68. The molecule has 0 aromatic heterocycles. The van der Waals surface area contributed by atoms with Crippen LogP contribution in [-0.4, -0.2) is 42.6 Å². The lowest BCUT2D eigenvalue weighted by molar-refractivity contribution is -0.138. The third kappa shape index (κ3) is 4.03. The third-order valence-electron chi connectivity index (χ3n) is 4.55. The molecule has 1 heterocycles. The maximum absolute atomic E-state index is 12.9. The Morgan fingerprint density at radius 1 is 0.931 bits per heavy atom. The molecule has 0 bridgehead atoms. The monoisotopic (exact) mass is 397 g/mol. The molecule has 29 heavy (non-hydrogen) atoms. The highest BCUT2D eigenvalue weighted by atomic mass is 16.5. The summed E-state index contributed by atoms with van der Waals surface area (Å²) >= 11 is 0. The predicted octanol–water partition coefficient (Wildman–Crippen LogP) is 3.33. The first kappa shape index (κ1) is 20.3. The lowest BCUT2D eigenvalue weighted by Gasteiger charge is -2.16. The van der Waals surface area contributed by atoms with E-state index in [0.29, 0.717) is 35.0 Å². The van der Waals surface area contributed by atoms with Crippen molar-refractivity contribution in [1.29, 1.82) is 0 Å². The Morgan fingerprint density at radius 2 is 1.62 bits per heavy atom. The van der Waals surface area contributed by atoms with Gasteiger partial charge in [-0.1, -0.05) is 25.1 Å². The predicted molar refractivity (Wildman–Crippen MR) is 107 cm³/mol. The SMILES string of the molecule is CCCOc1ccc(C2=C(O)C(=O)N(Cc3ccc(OC)c(OC)c3)C2=O)cc1. The number of imide groups is 1. The van der Waals surface area contributed by atoms with Crippen molar-refractivity contribution >= 4 is 17.4 Å². The summed E-state index contributed by atoms with van der Waals surface area (Å²) in [4.78, 5) is 26.4. The van der Waals surface area contributed by atoms with Gasteiger partial charge < -0.3 is 19.3 Å². The molecular formula is C22H23NO6. The molecule has 1 aliphatic rings. The number of benzene rings is 2. The zero-order valence-electron chi connectivity index (χ0n) is 16.6. The van der Waals surface area contributed by atoms with E-state index in [2.05, 4.69) is 0 Å². The minimum atomic E-state index is -0.730. The molecule has 2 aromatic rings. The fraction of sp³-hybridized carbons (Fsp3) is 0.273. The molecule has 0 atom stereocenters. The van der Waals surface area contributed by atoms with Crippen LogP contribution in [0.3, 0.4) is 0 Å². The van der Waals surface area contributed by atoms with Gasteiger partial charge in [0.25, 0.3) is 11.8 Å². The zero-order valence-corrected chi connectivity index (χ0v) is 16.6. The average molecular weight is 397 g/mol. The van der Waals surface area contributed by atoms with Gasteiger partial charge in [-0.15, -0.1) is 0 Å². The van der Waals surface area contributed by atoms with Crippen molar-refractivity contribution in [2.45, 2.75) is 19.9 Å². The first-order valence-corrected chi connectivity index (χ1v) is 9.23. The van der Waals surface area contributed by atoms with E-state index >= 15 is 0 Å². The summed E-state index contributed by atoms with van der Waals surface area (Å²) in [5.74, 6) is -0.144. The molecule has 7 nitrogen and oxygen atoms in total.